The number of thioether (sulfide) groups is 1. The Morgan fingerprint density at radius 1 is 1.62 bits per heavy atom. The van der Waals surface area contributed by atoms with Gasteiger partial charge in [0.1, 0.15) is 11.1 Å². The smallest absolute Gasteiger partial charge is 0.351 e. The highest BCUT2D eigenvalue weighted by Gasteiger charge is 2.25. The summed E-state index contributed by atoms with van der Waals surface area (Å²) in [6, 6.07) is 1.92. The zero-order valence-electron chi connectivity index (χ0n) is 9.61. The van der Waals surface area contributed by atoms with Crippen molar-refractivity contribution in [1.82, 2.24) is 4.90 Å². The SMILES string of the molecule is CCOC(=O)/C(C#N)=C1/SC=C(C)N1CC. The van der Waals surface area contributed by atoms with Crippen molar-refractivity contribution >= 4 is 17.7 Å². The van der Waals surface area contributed by atoms with E-state index in [0.717, 1.165) is 12.2 Å². The number of nitriles is 1. The number of esters is 1. The van der Waals surface area contributed by atoms with Crippen molar-refractivity contribution in [2.75, 3.05) is 13.2 Å². The first kappa shape index (κ1) is 12.7. The van der Waals surface area contributed by atoms with Crippen LogP contribution in [0, 0.1) is 11.3 Å². The van der Waals surface area contributed by atoms with E-state index in [9.17, 15) is 4.79 Å². The van der Waals surface area contributed by atoms with Gasteiger partial charge in [0.25, 0.3) is 0 Å². The number of carbonyl (C=O) groups excluding carboxylic acids is 1. The third-order valence-electron chi connectivity index (χ3n) is 2.13. The zero-order chi connectivity index (χ0) is 12.1. The second-order valence-corrected chi connectivity index (χ2v) is 3.99. The summed E-state index contributed by atoms with van der Waals surface area (Å²) in [5.74, 6) is -0.547. The van der Waals surface area contributed by atoms with Crippen LogP contribution >= 0.6 is 11.8 Å². The Hall–Kier alpha value is -1.41. The molecule has 0 amide bonds. The monoisotopic (exact) mass is 238 g/mol. The lowest BCUT2D eigenvalue weighted by Gasteiger charge is -2.19. The van der Waals surface area contributed by atoms with Crippen molar-refractivity contribution in [2.24, 2.45) is 0 Å². The highest BCUT2D eigenvalue weighted by molar-refractivity contribution is 8.06. The number of hydrogen-bond donors (Lipinski definition) is 0. The van der Waals surface area contributed by atoms with Gasteiger partial charge in [-0.05, 0) is 26.2 Å². The second-order valence-electron chi connectivity index (χ2n) is 3.13. The standard InChI is InChI=1S/C11H14N2O2S/c1-4-13-8(3)7-16-10(13)9(6-12)11(14)15-5-2/h7H,4-5H2,1-3H3/b10-9+. The molecule has 0 atom stereocenters. The van der Waals surface area contributed by atoms with E-state index >= 15 is 0 Å². The molecule has 0 aliphatic carbocycles. The summed E-state index contributed by atoms with van der Waals surface area (Å²) in [6.45, 7) is 6.66. The van der Waals surface area contributed by atoms with E-state index < -0.39 is 5.97 Å². The van der Waals surface area contributed by atoms with E-state index in [0.29, 0.717) is 5.03 Å². The molecule has 5 heteroatoms. The molecule has 0 saturated carbocycles. The van der Waals surface area contributed by atoms with Crippen molar-refractivity contribution in [3.05, 3.63) is 21.7 Å². The molecule has 0 fully saturated rings. The molecule has 0 aromatic carbocycles. The van der Waals surface area contributed by atoms with Crippen LogP contribution in [0.2, 0.25) is 0 Å². The Bertz CT molecular complexity index is 393. The molecule has 0 bridgehead atoms. The van der Waals surface area contributed by atoms with Crippen LogP contribution in [0.5, 0.6) is 0 Å². The Kier molecular flexibility index (Phi) is 4.44. The fourth-order valence-corrected chi connectivity index (χ4v) is 2.46. The fourth-order valence-electron chi connectivity index (χ4n) is 1.40. The van der Waals surface area contributed by atoms with Crippen LogP contribution in [0.4, 0.5) is 0 Å². The van der Waals surface area contributed by atoms with Crippen LogP contribution in [-0.2, 0) is 9.53 Å². The lowest BCUT2D eigenvalue weighted by Crippen LogP contribution is -2.19. The first-order chi connectivity index (χ1) is 7.65. The summed E-state index contributed by atoms with van der Waals surface area (Å²) in [6.07, 6.45) is 0. The maximum absolute atomic E-state index is 11.6. The van der Waals surface area contributed by atoms with Gasteiger partial charge in [-0.25, -0.2) is 4.79 Å². The molecular weight excluding hydrogens is 224 g/mol. The van der Waals surface area contributed by atoms with E-state index in [2.05, 4.69) is 0 Å². The number of nitrogens with zero attached hydrogens (tertiary/aromatic N) is 2. The summed E-state index contributed by atoms with van der Waals surface area (Å²) in [7, 11) is 0. The second kappa shape index (κ2) is 5.61. The van der Waals surface area contributed by atoms with E-state index in [1.54, 1.807) is 6.92 Å². The summed E-state index contributed by atoms with van der Waals surface area (Å²) in [4.78, 5) is 13.5. The molecule has 4 nitrogen and oxygen atoms in total. The van der Waals surface area contributed by atoms with Crippen LogP contribution in [0.25, 0.3) is 0 Å². The number of ether oxygens (including phenoxy) is 1. The van der Waals surface area contributed by atoms with E-state index in [4.69, 9.17) is 10.00 Å². The van der Waals surface area contributed by atoms with E-state index in [-0.39, 0.29) is 12.2 Å². The van der Waals surface area contributed by atoms with Gasteiger partial charge in [0.05, 0.1) is 6.61 Å². The first-order valence-corrected chi connectivity index (χ1v) is 5.96. The largest absolute Gasteiger partial charge is 0.462 e. The van der Waals surface area contributed by atoms with E-state index in [1.165, 1.54) is 11.8 Å². The minimum Gasteiger partial charge on any atom is -0.462 e. The maximum atomic E-state index is 11.6. The van der Waals surface area contributed by atoms with Crippen LogP contribution < -0.4 is 0 Å². The molecule has 1 aliphatic heterocycles. The van der Waals surface area contributed by atoms with Crippen molar-refractivity contribution in [3.8, 4) is 6.07 Å². The summed E-state index contributed by atoms with van der Waals surface area (Å²) in [5, 5.41) is 11.6. The predicted octanol–water partition coefficient (Wildman–Crippen LogP) is 2.21. The van der Waals surface area contributed by atoms with Crippen molar-refractivity contribution < 1.29 is 9.53 Å². The van der Waals surface area contributed by atoms with E-state index in [1.807, 2.05) is 30.2 Å². The van der Waals surface area contributed by atoms with Gasteiger partial charge in [-0.3, -0.25) is 0 Å². The lowest BCUT2D eigenvalue weighted by molar-refractivity contribution is -0.138. The topological polar surface area (TPSA) is 53.3 Å². The lowest BCUT2D eigenvalue weighted by atomic mass is 10.3. The number of allylic oxidation sites excluding steroid dienone is 1. The van der Waals surface area contributed by atoms with Gasteiger partial charge < -0.3 is 9.64 Å². The van der Waals surface area contributed by atoms with Crippen molar-refractivity contribution in [3.63, 3.8) is 0 Å². The molecule has 0 radical (unpaired) electrons. The molecule has 1 rings (SSSR count). The summed E-state index contributed by atoms with van der Waals surface area (Å²) >= 11 is 1.39. The summed E-state index contributed by atoms with van der Waals surface area (Å²) < 4.78 is 4.85. The van der Waals surface area contributed by atoms with Crippen LogP contribution in [0.1, 0.15) is 20.8 Å². The Morgan fingerprint density at radius 3 is 2.81 bits per heavy atom. The van der Waals surface area contributed by atoms with Crippen molar-refractivity contribution in [2.45, 2.75) is 20.8 Å². The average molecular weight is 238 g/mol. The summed E-state index contributed by atoms with van der Waals surface area (Å²) in [5.41, 5.74) is 1.13. The van der Waals surface area contributed by atoms with Crippen LogP contribution in [-0.4, -0.2) is 24.0 Å². The predicted molar refractivity (Wildman–Crippen MR) is 63.0 cm³/mol. The Morgan fingerprint density at radius 2 is 2.31 bits per heavy atom. The third-order valence-corrected chi connectivity index (χ3v) is 3.24. The van der Waals surface area contributed by atoms with Gasteiger partial charge >= 0.3 is 5.97 Å². The maximum Gasteiger partial charge on any atom is 0.351 e. The van der Waals surface area contributed by atoms with Gasteiger partial charge in [0.15, 0.2) is 5.57 Å². The zero-order valence-corrected chi connectivity index (χ0v) is 10.4. The first-order valence-electron chi connectivity index (χ1n) is 5.08. The molecule has 0 N–H and O–H groups in total. The van der Waals surface area contributed by atoms with Crippen LogP contribution in [0.3, 0.4) is 0 Å². The molecule has 86 valence electrons. The highest BCUT2D eigenvalue weighted by atomic mass is 32.2. The molecule has 16 heavy (non-hydrogen) atoms. The molecule has 1 heterocycles. The van der Waals surface area contributed by atoms with Crippen molar-refractivity contribution in [1.29, 1.82) is 5.26 Å². The number of carbonyl (C=O) groups is 1. The minimum atomic E-state index is -0.547. The molecule has 0 aromatic rings. The highest BCUT2D eigenvalue weighted by Crippen LogP contribution is 2.36. The molecule has 0 unspecified atom stereocenters. The van der Waals surface area contributed by atoms with Gasteiger partial charge in [0.2, 0.25) is 0 Å². The minimum absolute atomic E-state index is 0.0850. The number of rotatable bonds is 3. The third kappa shape index (κ3) is 2.39. The average Bonchev–Trinajstić information content (AvgIpc) is 2.61. The molecule has 1 aliphatic rings. The Labute approximate surface area is 99.6 Å². The van der Waals surface area contributed by atoms with Gasteiger partial charge in [-0.2, -0.15) is 5.26 Å². The Balaban J connectivity index is 3.03. The molecule has 0 aromatic heterocycles. The molecular formula is C11H14N2O2S. The number of hydrogen-bond acceptors (Lipinski definition) is 5. The van der Waals surface area contributed by atoms with Gasteiger partial charge in [0, 0.05) is 12.2 Å². The van der Waals surface area contributed by atoms with Gasteiger partial charge in [-0.15, -0.1) is 0 Å². The normalized spacial score (nSPS) is 17.9. The quantitative estimate of drug-likeness (QED) is 0.428. The van der Waals surface area contributed by atoms with Crippen LogP contribution in [0.15, 0.2) is 21.7 Å². The molecule has 0 saturated heterocycles. The van der Waals surface area contributed by atoms with Gasteiger partial charge in [-0.1, -0.05) is 11.8 Å². The molecule has 0 spiro atoms. The fraction of sp³-hybridized carbons (Fsp3) is 0.455.